The van der Waals surface area contributed by atoms with Crippen LogP contribution in [0.3, 0.4) is 0 Å². The number of ether oxygens (including phenoxy) is 2. The second-order valence-corrected chi connectivity index (χ2v) is 8.70. The van der Waals surface area contributed by atoms with E-state index in [0.29, 0.717) is 26.7 Å². The van der Waals surface area contributed by atoms with Crippen LogP contribution in [0.1, 0.15) is 40.3 Å². The summed E-state index contributed by atoms with van der Waals surface area (Å²) in [6.45, 7) is 7.02. The second kappa shape index (κ2) is 8.42. The molecule has 0 fully saturated rings. The predicted molar refractivity (Wildman–Crippen MR) is 110 cm³/mol. The van der Waals surface area contributed by atoms with E-state index in [0.717, 1.165) is 22.5 Å². The fraction of sp³-hybridized carbons (Fsp3) is 0.368. The number of aromatic nitrogens is 3. The van der Waals surface area contributed by atoms with Crippen molar-refractivity contribution in [2.24, 2.45) is 0 Å². The molecule has 0 spiro atoms. The van der Waals surface area contributed by atoms with Gasteiger partial charge in [0.1, 0.15) is 16.1 Å². The van der Waals surface area contributed by atoms with Crippen molar-refractivity contribution in [3.05, 3.63) is 34.0 Å². The number of ketones is 1. The van der Waals surface area contributed by atoms with E-state index in [1.807, 2.05) is 13.8 Å². The smallest absolute Gasteiger partial charge is 0.421 e. The summed E-state index contributed by atoms with van der Waals surface area (Å²) in [4.78, 5) is 33.9. The van der Waals surface area contributed by atoms with Crippen LogP contribution in [0, 0.1) is 13.8 Å². The Morgan fingerprint density at radius 2 is 2.03 bits per heavy atom. The van der Waals surface area contributed by atoms with E-state index in [1.54, 1.807) is 26.3 Å². The zero-order chi connectivity index (χ0) is 21.3. The van der Waals surface area contributed by atoms with Crippen LogP contribution in [0.4, 0.5) is 4.79 Å². The number of thiophene rings is 1. The van der Waals surface area contributed by atoms with Gasteiger partial charge in [0.2, 0.25) is 5.16 Å². The van der Waals surface area contributed by atoms with E-state index in [9.17, 15) is 13.8 Å². The van der Waals surface area contributed by atoms with Crippen molar-refractivity contribution < 1.29 is 23.3 Å². The van der Waals surface area contributed by atoms with Gasteiger partial charge in [0.05, 0.1) is 40.8 Å². The Hall–Kier alpha value is -2.59. The summed E-state index contributed by atoms with van der Waals surface area (Å²) in [5.74, 6) is 0.622. The minimum absolute atomic E-state index is 0.0612. The van der Waals surface area contributed by atoms with Gasteiger partial charge >= 0.3 is 6.09 Å². The molecule has 0 amide bonds. The van der Waals surface area contributed by atoms with Crippen LogP contribution in [0.25, 0.3) is 10.3 Å². The summed E-state index contributed by atoms with van der Waals surface area (Å²) in [6.07, 6.45) is 0.981. The number of hydrogen-bond acceptors (Lipinski definition) is 8. The van der Waals surface area contributed by atoms with Gasteiger partial charge in [0.25, 0.3) is 0 Å². The molecule has 0 aliphatic heterocycles. The van der Waals surface area contributed by atoms with E-state index >= 15 is 0 Å². The summed E-state index contributed by atoms with van der Waals surface area (Å²) in [6, 6.07) is 1.59. The normalized spacial score (nSPS) is 12.2. The molecule has 0 saturated carbocycles. The van der Waals surface area contributed by atoms with Gasteiger partial charge in [0, 0.05) is 17.3 Å². The quantitative estimate of drug-likeness (QED) is 0.545. The van der Waals surface area contributed by atoms with Crippen molar-refractivity contribution >= 4 is 44.4 Å². The monoisotopic (exact) mass is 435 g/mol. The molecule has 29 heavy (non-hydrogen) atoms. The maximum atomic E-state index is 13.1. The van der Waals surface area contributed by atoms with Gasteiger partial charge < -0.3 is 9.47 Å². The molecule has 0 bridgehead atoms. The van der Waals surface area contributed by atoms with E-state index in [-0.39, 0.29) is 23.3 Å². The summed E-state index contributed by atoms with van der Waals surface area (Å²) in [5, 5.41) is 0.0699. The summed E-state index contributed by atoms with van der Waals surface area (Å²) >= 11 is 1.12. The standard InChI is InChI=1S/C19H21N3O5S2/c1-6-27-19(24)22-17-13(7-15(28-17)12(4)23)21-18(22)29(25)9-14-11(3)16(26-5)10(2)8-20-14/h7-8H,6,9H2,1-5H3. The van der Waals surface area contributed by atoms with Crippen LogP contribution in [-0.2, 0) is 21.3 Å². The largest absolute Gasteiger partial charge is 0.496 e. The highest BCUT2D eigenvalue weighted by Gasteiger charge is 2.26. The Morgan fingerprint density at radius 1 is 1.31 bits per heavy atom. The molecule has 0 aliphatic rings. The molecule has 0 aliphatic carbocycles. The van der Waals surface area contributed by atoms with E-state index in [4.69, 9.17) is 9.47 Å². The van der Waals surface area contributed by atoms with Crippen molar-refractivity contribution in [3.8, 4) is 5.75 Å². The molecule has 8 nitrogen and oxygen atoms in total. The highest BCUT2D eigenvalue weighted by molar-refractivity contribution is 7.84. The Morgan fingerprint density at radius 3 is 2.66 bits per heavy atom. The minimum Gasteiger partial charge on any atom is -0.496 e. The molecule has 0 aromatic carbocycles. The zero-order valence-corrected chi connectivity index (χ0v) is 18.4. The van der Waals surface area contributed by atoms with Gasteiger partial charge in [-0.05, 0) is 33.8 Å². The summed E-state index contributed by atoms with van der Waals surface area (Å²) < 4.78 is 24.9. The van der Waals surface area contributed by atoms with Crippen molar-refractivity contribution in [2.75, 3.05) is 13.7 Å². The Bertz CT molecular complexity index is 1130. The van der Waals surface area contributed by atoms with Crippen molar-refractivity contribution in [2.45, 2.75) is 38.6 Å². The van der Waals surface area contributed by atoms with Gasteiger partial charge in [0.15, 0.2) is 5.78 Å². The fourth-order valence-electron chi connectivity index (χ4n) is 2.93. The van der Waals surface area contributed by atoms with Crippen LogP contribution >= 0.6 is 11.3 Å². The third-order valence-electron chi connectivity index (χ3n) is 4.32. The van der Waals surface area contributed by atoms with Crippen LogP contribution in [0.15, 0.2) is 17.4 Å². The lowest BCUT2D eigenvalue weighted by atomic mass is 10.1. The third kappa shape index (κ3) is 3.95. The van der Waals surface area contributed by atoms with Gasteiger partial charge in [-0.2, -0.15) is 0 Å². The number of aryl methyl sites for hydroxylation is 1. The lowest BCUT2D eigenvalue weighted by Gasteiger charge is -2.12. The van der Waals surface area contributed by atoms with Crippen LogP contribution in [0.2, 0.25) is 0 Å². The molecule has 0 N–H and O–H groups in total. The average molecular weight is 436 g/mol. The van der Waals surface area contributed by atoms with Crippen LogP contribution in [-0.4, -0.2) is 44.3 Å². The Balaban J connectivity index is 2.05. The molecule has 0 saturated heterocycles. The van der Waals surface area contributed by atoms with E-state index in [1.165, 1.54) is 11.5 Å². The van der Waals surface area contributed by atoms with Crippen molar-refractivity contribution in [1.29, 1.82) is 0 Å². The zero-order valence-electron chi connectivity index (χ0n) is 16.8. The van der Waals surface area contributed by atoms with Gasteiger partial charge in [-0.15, -0.1) is 11.3 Å². The summed E-state index contributed by atoms with van der Waals surface area (Å²) in [7, 11) is -0.0972. The van der Waals surface area contributed by atoms with E-state index < -0.39 is 16.9 Å². The molecule has 0 radical (unpaired) electrons. The lowest BCUT2D eigenvalue weighted by Crippen LogP contribution is -2.18. The Labute approximate surface area is 174 Å². The topological polar surface area (TPSA) is 100 Å². The number of hydrogen-bond donors (Lipinski definition) is 0. The first-order chi connectivity index (χ1) is 13.8. The molecule has 3 heterocycles. The molecular weight excluding hydrogens is 414 g/mol. The second-order valence-electron chi connectivity index (χ2n) is 6.32. The maximum Gasteiger partial charge on any atom is 0.421 e. The first-order valence-corrected chi connectivity index (χ1v) is 11.0. The minimum atomic E-state index is -1.67. The molecule has 154 valence electrons. The van der Waals surface area contributed by atoms with Gasteiger partial charge in [-0.25, -0.2) is 14.3 Å². The van der Waals surface area contributed by atoms with Crippen LogP contribution < -0.4 is 4.74 Å². The maximum absolute atomic E-state index is 13.1. The average Bonchev–Trinajstić information content (AvgIpc) is 3.22. The van der Waals surface area contributed by atoms with E-state index in [2.05, 4.69) is 9.97 Å². The number of imidazole rings is 1. The first kappa shape index (κ1) is 21.1. The highest BCUT2D eigenvalue weighted by atomic mass is 32.2. The van der Waals surface area contributed by atoms with Crippen molar-refractivity contribution in [1.82, 2.24) is 14.5 Å². The molecule has 1 atom stereocenters. The number of carbonyl (C=O) groups is 2. The number of carbonyl (C=O) groups excluding carboxylic acids is 2. The third-order valence-corrected chi connectivity index (χ3v) is 6.75. The number of Topliss-reactive ketones (excluding diaryl/α,β-unsaturated/α-hetero) is 1. The number of fused-ring (bicyclic) bond motifs is 1. The van der Waals surface area contributed by atoms with Gasteiger partial charge in [-0.3, -0.25) is 14.0 Å². The first-order valence-electron chi connectivity index (χ1n) is 8.86. The molecule has 3 aromatic heterocycles. The number of rotatable bonds is 6. The highest BCUT2D eigenvalue weighted by Crippen LogP contribution is 2.30. The number of nitrogens with zero attached hydrogens (tertiary/aromatic N) is 3. The molecule has 3 aromatic rings. The SMILES string of the molecule is CCOC(=O)n1c(S(=O)Cc2ncc(C)c(OC)c2C)nc2cc(C(C)=O)sc21. The van der Waals surface area contributed by atoms with Gasteiger partial charge in [-0.1, -0.05) is 0 Å². The fourth-order valence-corrected chi connectivity index (χ4v) is 5.21. The lowest BCUT2D eigenvalue weighted by molar-refractivity contribution is 0.102. The molecule has 3 rings (SSSR count). The molecule has 1 unspecified atom stereocenters. The summed E-state index contributed by atoms with van der Waals surface area (Å²) in [5.41, 5.74) is 2.69. The predicted octanol–water partition coefficient (Wildman–Crippen LogP) is 3.63. The molecule has 10 heteroatoms. The Kier molecular flexibility index (Phi) is 6.13. The van der Waals surface area contributed by atoms with Crippen molar-refractivity contribution in [3.63, 3.8) is 0 Å². The number of pyridine rings is 1. The van der Waals surface area contributed by atoms with Crippen LogP contribution in [0.5, 0.6) is 5.75 Å². The number of methoxy groups -OCH3 is 1. The molecular formula is C19H21N3O5S2.